The molecule has 0 aliphatic heterocycles. The standard InChI is InChI=1S/C16H33N/c1-2-3-4-5-6-7-8-9-10-11-12-13-14-15-16-17/h9-10H,2-8,11-17H2,1H3. The molecule has 0 aliphatic rings. The molecule has 1 heteroatoms. The second kappa shape index (κ2) is 15.7. The Hall–Kier alpha value is -0.300. The molecule has 0 aromatic rings. The number of nitrogens with two attached hydrogens (primary N) is 1. The first-order valence-electron chi connectivity index (χ1n) is 7.77. The van der Waals surface area contributed by atoms with Crippen molar-refractivity contribution in [3.63, 3.8) is 0 Å². The Morgan fingerprint density at radius 2 is 1.12 bits per heavy atom. The van der Waals surface area contributed by atoms with Crippen molar-refractivity contribution in [2.24, 2.45) is 5.73 Å². The van der Waals surface area contributed by atoms with Crippen LogP contribution in [-0.4, -0.2) is 6.54 Å². The molecule has 0 aromatic heterocycles. The Morgan fingerprint density at radius 3 is 1.65 bits per heavy atom. The summed E-state index contributed by atoms with van der Waals surface area (Å²) in [5.74, 6) is 0. The van der Waals surface area contributed by atoms with Crippen LogP contribution in [0.4, 0.5) is 0 Å². The van der Waals surface area contributed by atoms with E-state index in [1.807, 2.05) is 0 Å². The Bertz CT molecular complexity index is 152. The van der Waals surface area contributed by atoms with Gasteiger partial charge in [0.25, 0.3) is 0 Å². The van der Waals surface area contributed by atoms with Crippen LogP contribution in [0.5, 0.6) is 0 Å². The van der Waals surface area contributed by atoms with E-state index in [-0.39, 0.29) is 0 Å². The summed E-state index contributed by atoms with van der Waals surface area (Å²) in [7, 11) is 0. The molecule has 0 aromatic carbocycles. The van der Waals surface area contributed by atoms with Gasteiger partial charge in [0.2, 0.25) is 0 Å². The van der Waals surface area contributed by atoms with Crippen LogP contribution in [0.3, 0.4) is 0 Å². The lowest BCUT2D eigenvalue weighted by molar-refractivity contribution is 0.610. The molecule has 0 spiro atoms. The largest absolute Gasteiger partial charge is 0.330 e. The van der Waals surface area contributed by atoms with Crippen LogP contribution < -0.4 is 5.73 Å². The first-order valence-corrected chi connectivity index (χ1v) is 7.77. The maximum atomic E-state index is 5.45. The van der Waals surface area contributed by atoms with Crippen molar-refractivity contribution in [3.8, 4) is 0 Å². The van der Waals surface area contributed by atoms with Crippen molar-refractivity contribution < 1.29 is 0 Å². The average Bonchev–Trinajstić information content (AvgIpc) is 2.35. The molecule has 1 nitrogen and oxygen atoms in total. The first-order chi connectivity index (χ1) is 8.41. The quantitative estimate of drug-likeness (QED) is 0.347. The van der Waals surface area contributed by atoms with E-state index in [1.165, 1.54) is 77.0 Å². The Morgan fingerprint density at radius 1 is 0.647 bits per heavy atom. The lowest BCUT2D eigenvalue weighted by Gasteiger charge is -1.98. The maximum absolute atomic E-state index is 5.45. The number of allylic oxidation sites excluding steroid dienone is 2. The monoisotopic (exact) mass is 239 g/mol. The van der Waals surface area contributed by atoms with Crippen LogP contribution in [0.15, 0.2) is 12.2 Å². The van der Waals surface area contributed by atoms with Gasteiger partial charge in [-0.25, -0.2) is 0 Å². The van der Waals surface area contributed by atoms with Crippen molar-refractivity contribution in [2.75, 3.05) is 6.54 Å². The summed E-state index contributed by atoms with van der Waals surface area (Å²) >= 11 is 0. The van der Waals surface area contributed by atoms with Gasteiger partial charge in [0.05, 0.1) is 0 Å². The molecule has 0 bridgehead atoms. The normalized spacial score (nSPS) is 11.4. The molecule has 0 rings (SSSR count). The van der Waals surface area contributed by atoms with E-state index in [0.29, 0.717) is 0 Å². The molecule has 0 fully saturated rings. The van der Waals surface area contributed by atoms with E-state index in [4.69, 9.17) is 5.73 Å². The highest BCUT2D eigenvalue weighted by Crippen LogP contribution is 2.08. The molecule has 17 heavy (non-hydrogen) atoms. The second-order valence-electron chi connectivity index (χ2n) is 5.02. The van der Waals surface area contributed by atoms with Crippen LogP contribution in [-0.2, 0) is 0 Å². The highest BCUT2D eigenvalue weighted by molar-refractivity contribution is 4.81. The average molecular weight is 239 g/mol. The summed E-state index contributed by atoms with van der Waals surface area (Å²) in [5.41, 5.74) is 5.45. The lowest BCUT2D eigenvalue weighted by Crippen LogP contribution is -1.97. The zero-order chi connectivity index (χ0) is 12.6. The summed E-state index contributed by atoms with van der Waals surface area (Å²) in [6, 6.07) is 0. The topological polar surface area (TPSA) is 26.0 Å². The molecule has 0 atom stereocenters. The molecule has 102 valence electrons. The number of rotatable bonds is 13. The third-order valence-electron chi connectivity index (χ3n) is 3.22. The molecular weight excluding hydrogens is 206 g/mol. The van der Waals surface area contributed by atoms with Gasteiger partial charge in [0, 0.05) is 0 Å². The Kier molecular flexibility index (Phi) is 15.4. The maximum Gasteiger partial charge on any atom is -0.00773 e. The predicted octanol–water partition coefficient (Wildman–Crippen LogP) is 5.20. The summed E-state index contributed by atoms with van der Waals surface area (Å²) in [6.07, 6.45) is 20.9. The van der Waals surface area contributed by atoms with Gasteiger partial charge in [-0.3, -0.25) is 0 Å². The zero-order valence-corrected chi connectivity index (χ0v) is 11.9. The van der Waals surface area contributed by atoms with Gasteiger partial charge in [-0.05, 0) is 38.6 Å². The number of hydrogen-bond acceptors (Lipinski definition) is 1. The van der Waals surface area contributed by atoms with Crippen molar-refractivity contribution in [3.05, 3.63) is 12.2 Å². The first kappa shape index (κ1) is 16.7. The summed E-state index contributed by atoms with van der Waals surface area (Å²) in [6.45, 7) is 3.13. The Balaban J connectivity index is 2.99. The van der Waals surface area contributed by atoms with Crippen LogP contribution in [0.1, 0.15) is 84.0 Å². The van der Waals surface area contributed by atoms with Gasteiger partial charge >= 0.3 is 0 Å². The van der Waals surface area contributed by atoms with Crippen molar-refractivity contribution in [1.29, 1.82) is 0 Å². The number of unbranched alkanes of at least 4 members (excludes halogenated alkanes) is 10. The SMILES string of the molecule is CCCCCCCCC=CCCCCCCN. The molecule has 0 saturated carbocycles. The van der Waals surface area contributed by atoms with E-state index >= 15 is 0 Å². The highest BCUT2D eigenvalue weighted by atomic mass is 14.5. The van der Waals surface area contributed by atoms with Crippen LogP contribution >= 0.6 is 0 Å². The zero-order valence-electron chi connectivity index (χ0n) is 11.9. The van der Waals surface area contributed by atoms with E-state index in [9.17, 15) is 0 Å². The molecule has 0 aliphatic carbocycles. The summed E-state index contributed by atoms with van der Waals surface area (Å²) < 4.78 is 0. The minimum Gasteiger partial charge on any atom is -0.330 e. The van der Waals surface area contributed by atoms with Gasteiger partial charge in [0.15, 0.2) is 0 Å². The summed E-state index contributed by atoms with van der Waals surface area (Å²) in [4.78, 5) is 0. The summed E-state index contributed by atoms with van der Waals surface area (Å²) in [5, 5.41) is 0. The third kappa shape index (κ3) is 15.7. The highest BCUT2D eigenvalue weighted by Gasteiger charge is 1.89. The van der Waals surface area contributed by atoms with Crippen LogP contribution in [0.25, 0.3) is 0 Å². The molecule has 0 radical (unpaired) electrons. The van der Waals surface area contributed by atoms with Crippen molar-refractivity contribution >= 4 is 0 Å². The minimum atomic E-state index is 0.855. The lowest BCUT2D eigenvalue weighted by atomic mass is 10.1. The number of hydrogen-bond donors (Lipinski definition) is 1. The van der Waals surface area contributed by atoms with E-state index in [2.05, 4.69) is 19.1 Å². The van der Waals surface area contributed by atoms with Gasteiger partial charge in [-0.1, -0.05) is 64.0 Å². The van der Waals surface area contributed by atoms with Crippen molar-refractivity contribution in [1.82, 2.24) is 0 Å². The fourth-order valence-electron chi connectivity index (χ4n) is 2.04. The minimum absolute atomic E-state index is 0.855. The molecular formula is C16H33N. The third-order valence-corrected chi connectivity index (χ3v) is 3.22. The van der Waals surface area contributed by atoms with Gasteiger partial charge in [-0.2, -0.15) is 0 Å². The van der Waals surface area contributed by atoms with Gasteiger partial charge in [-0.15, -0.1) is 0 Å². The van der Waals surface area contributed by atoms with E-state index in [1.54, 1.807) is 0 Å². The fraction of sp³-hybridized carbons (Fsp3) is 0.875. The van der Waals surface area contributed by atoms with Gasteiger partial charge in [0.1, 0.15) is 0 Å². The molecule has 0 amide bonds. The predicted molar refractivity (Wildman–Crippen MR) is 79.3 cm³/mol. The van der Waals surface area contributed by atoms with E-state index in [0.717, 1.165) is 6.54 Å². The van der Waals surface area contributed by atoms with Crippen LogP contribution in [0, 0.1) is 0 Å². The molecule has 0 unspecified atom stereocenters. The smallest absolute Gasteiger partial charge is 0.00773 e. The fourth-order valence-corrected chi connectivity index (χ4v) is 2.04. The second-order valence-corrected chi connectivity index (χ2v) is 5.02. The van der Waals surface area contributed by atoms with Gasteiger partial charge < -0.3 is 5.73 Å². The Labute approximate surface area is 109 Å². The van der Waals surface area contributed by atoms with Crippen molar-refractivity contribution in [2.45, 2.75) is 84.0 Å². The van der Waals surface area contributed by atoms with Crippen LogP contribution in [0.2, 0.25) is 0 Å². The molecule has 2 N–H and O–H groups in total. The molecule has 0 heterocycles. The van der Waals surface area contributed by atoms with E-state index < -0.39 is 0 Å². The molecule has 0 saturated heterocycles.